The maximum atomic E-state index is 12.4. The fraction of sp³-hybridized carbons (Fsp3) is 0.621. The highest BCUT2D eigenvalue weighted by Gasteiger charge is 2.40. The molecule has 0 radical (unpaired) electrons. The van der Waals surface area contributed by atoms with Crippen molar-refractivity contribution in [3.05, 3.63) is 35.3 Å². The van der Waals surface area contributed by atoms with Crippen molar-refractivity contribution in [3.63, 3.8) is 0 Å². The molecule has 10 heteroatoms. The van der Waals surface area contributed by atoms with Gasteiger partial charge in [-0.1, -0.05) is 0 Å². The van der Waals surface area contributed by atoms with E-state index in [-0.39, 0.29) is 12.2 Å². The van der Waals surface area contributed by atoms with Crippen molar-refractivity contribution in [2.75, 3.05) is 62.7 Å². The van der Waals surface area contributed by atoms with E-state index in [1.807, 2.05) is 33.9 Å². The number of aromatic nitrogens is 2. The fourth-order valence-corrected chi connectivity index (χ4v) is 6.06. The van der Waals surface area contributed by atoms with Crippen molar-refractivity contribution in [2.24, 2.45) is 0 Å². The number of anilines is 3. The van der Waals surface area contributed by atoms with E-state index in [1.165, 1.54) is 0 Å². The lowest BCUT2D eigenvalue weighted by molar-refractivity contribution is -0.0114. The number of hydrogen-bond donors (Lipinski definition) is 1. The summed E-state index contributed by atoms with van der Waals surface area (Å²) in [5, 5.41) is 3.61. The van der Waals surface area contributed by atoms with E-state index in [2.05, 4.69) is 34.2 Å². The number of pyridine rings is 2. The number of carbonyl (C=O) groups is 1. The van der Waals surface area contributed by atoms with E-state index in [4.69, 9.17) is 24.2 Å². The van der Waals surface area contributed by atoms with Gasteiger partial charge >= 0.3 is 6.09 Å². The number of aryl methyl sites for hydroxylation is 1. The van der Waals surface area contributed by atoms with Crippen molar-refractivity contribution in [3.8, 4) is 5.75 Å². The maximum Gasteiger partial charge on any atom is 0.410 e. The van der Waals surface area contributed by atoms with E-state index in [1.54, 1.807) is 4.90 Å². The van der Waals surface area contributed by atoms with Crippen molar-refractivity contribution in [1.29, 1.82) is 0 Å². The van der Waals surface area contributed by atoms with Crippen LogP contribution in [0.25, 0.3) is 0 Å². The van der Waals surface area contributed by atoms with Crippen molar-refractivity contribution in [1.82, 2.24) is 19.8 Å². The molecule has 210 valence electrons. The van der Waals surface area contributed by atoms with Gasteiger partial charge in [0.25, 0.3) is 0 Å². The summed E-state index contributed by atoms with van der Waals surface area (Å²) in [4.78, 5) is 28.7. The van der Waals surface area contributed by atoms with Crippen LogP contribution in [0.3, 0.4) is 0 Å². The van der Waals surface area contributed by atoms with Gasteiger partial charge in [-0.25, -0.2) is 9.78 Å². The number of morpholine rings is 1. The Morgan fingerprint density at radius 2 is 1.92 bits per heavy atom. The number of nitrogens with zero attached hydrogens (tertiary/aromatic N) is 5. The van der Waals surface area contributed by atoms with Crippen LogP contribution in [0.2, 0.25) is 0 Å². The Morgan fingerprint density at radius 1 is 1.15 bits per heavy atom. The second kappa shape index (κ2) is 10.1. The molecule has 2 aromatic rings. The van der Waals surface area contributed by atoms with Crippen LogP contribution in [0.5, 0.6) is 5.75 Å². The lowest BCUT2D eigenvalue weighted by Gasteiger charge is -2.44. The van der Waals surface area contributed by atoms with Crippen LogP contribution in [-0.2, 0) is 9.47 Å². The van der Waals surface area contributed by atoms with Crippen LogP contribution in [0.4, 0.5) is 22.0 Å². The second-order valence-corrected chi connectivity index (χ2v) is 12.1. The highest BCUT2D eigenvalue weighted by molar-refractivity contribution is 5.74. The smallest absolute Gasteiger partial charge is 0.410 e. The van der Waals surface area contributed by atoms with Gasteiger partial charge in [-0.15, -0.1) is 0 Å². The van der Waals surface area contributed by atoms with Crippen LogP contribution in [0.15, 0.2) is 18.3 Å². The highest BCUT2D eigenvalue weighted by atomic mass is 16.6. The van der Waals surface area contributed by atoms with Gasteiger partial charge in [0.2, 0.25) is 0 Å². The first-order valence-corrected chi connectivity index (χ1v) is 14.1. The zero-order valence-corrected chi connectivity index (χ0v) is 23.7. The average Bonchev–Trinajstić information content (AvgIpc) is 3.28. The molecule has 1 N–H and O–H groups in total. The summed E-state index contributed by atoms with van der Waals surface area (Å²) in [5.41, 5.74) is 4.64. The second-order valence-electron chi connectivity index (χ2n) is 12.1. The number of hydrogen-bond acceptors (Lipinski definition) is 9. The van der Waals surface area contributed by atoms with Gasteiger partial charge in [0.1, 0.15) is 17.5 Å². The summed E-state index contributed by atoms with van der Waals surface area (Å²) in [7, 11) is 0. The molecule has 39 heavy (non-hydrogen) atoms. The number of nitrogens with one attached hydrogen (secondary N) is 1. The van der Waals surface area contributed by atoms with Gasteiger partial charge in [0.15, 0.2) is 5.75 Å². The zero-order valence-electron chi connectivity index (χ0n) is 23.7. The average molecular weight is 537 g/mol. The zero-order chi connectivity index (χ0) is 27.3. The van der Waals surface area contributed by atoms with Crippen LogP contribution >= 0.6 is 0 Å². The Labute approximate surface area is 230 Å². The maximum absolute atomic E-state index is 12.4. The molecule has 2 atom stereocenters. The minimum atomic E-state index is -0.467. The number of amides is 1. The van der Waals surface area contributed by atoms with Crippen LogP contribution < -0.4 is 15.0 Å². The molecule has 4 aliphatic rings. The number of rotatable bonds is 3. The highest BCUT2D eigenvalue weighted by Crippen LogP contribution is 2.44. The van der Waals surface area contributed by atoms with Gasteiger partial charge < -0.3 is 29.3 Å². The molecule has 6 heterocycles. The molecule has 0 aromatic carbocycles. The predicted octanol–water partition coefficient (Wildman–Crippen LogP) is 4.23. The molecule has 0 saturated carbocycles. The molecular formula is C29H40N6O4. The molecule has 2 aromatic heterocycles. The summed E-state index contributed by atoms with van der Waals surface area (Å²) in [5.74, 6) is 1.96. The van der Waals surface area contributed by atoms with E-state index >= 15 is 0 Å². The Hall–Kier alpha value is -3.11. The number of carbonyl (C=O) groups excluding carboxylic acids is 1. The molecule has 0 spiro atoms. The standard InChI is InChI=1S/C29H40N6O4/c1-18-26-23(32-27-25(19(2)38-26)24(6-8-30-27)33-10-12-37-13-11-33)14-22(31-18)20-7-9-34(15-20)21-16-35(17-21)28(36)39-29(3,4)5/h6,8,14,19-21H,7,9-13,15-17H2,1-5H3,(H,30,32)/t19-,20-/m0/s1. The fourth-order valence-electron chi connectivity index (χ4n) is 6.06. The molecule has 3 fully saturated rings. The molecule has 4 aliphatic heterocycles. The first-order valence-electron chi connectivity index (χ1n) is 14.1. The van der Waals surface area contributed by atoms with Crippen LogP contribution in [-0.4, -0.2) is 90.0 Å². The summed E-state index contributed by atoms with van der Waals surface area (Å²) < 4.78 is 17.6. The largest absolute Gasteiger partial charge is 0.482 e. The summed E-state index contributed by atoms with van der Waals surface area (Å²) in [6.45, 7) is 16.4. The van der Waals surface area contributed by atoms with Crippen molar-refractivity contribution < 1.29 is 19.0 Å². The lowest BCUT2D eigenvalue weighted by Crippen LogP contribution is -2.61. The summed E-state index contributed by atoms with van der Waals surface area (Å²) in [6.07, 6.45) is 2.53. The first-order chi connectivity index (χ1) is 18.7. The minimum Gasteiger partial charge on any atom is -0.482 e. The summed E-state index contributed by atoms with van der Waals surface area (Å²) >= 11 is 0. The SMILES string of the molecule is Cc1nc([C@H]2CCN(C3CN(C(=O)OC(C)(C)C)C3)C2)cc2c1O[C@@H](C)c1c(N3CCOCC3)ccnc1N2. The predicted molar refractivity (Wildman–Crippen MR) is 149 cm³/mol. The van der Waals surface area contributed by atoms with E-state index in [0.29, 0.717) is 12.0 Å². The van der Waals surface area contributed by atoms with Gasteiger partial charge in [0, 0.05) is 62.3 Å². The van der Waals surface area contributed by atoms with Crippen molar-refractivity contribution in [2.45, 2.75) is 64.7 Å². The number of fused-ring (bicyclic) bond motifs is 2. The molecular weight excluding hydrogens is 496 g/mol. The normalized spacial score (nSPS) is 23.7. The van der Waals surface area contributed by atoms with E-state index < -0.39 is 5.60 Å². The van der Waals surface area contributed by atoms with Gasteiger partial charge in [0.05, 0.1) is 30.2 Å². The first kappa shape index (κ1) is 26.1. The lowest BCUT2D eigenvalue weighted by atomic mass is 10.0. The third-order valence-electron chi connectivity index (χ3n) is 8.10. The Bertz CT molecular complexity index is 1240. The molecule has 10 nitrogen and oxygen atoms in total. The Morgan fingerprint density at radius 3 is 2.67 bits per heavy atom. The molecule has 0 bridgehead atoms. The van der Waals surface area contributed by atoms with Crippen LogP contribution in [0.1, 0.15) is 63.1 Å². The molecule has 0 aliphatic carbocycles. The number of ether oxygens (including phenoxy) is 3. The van der Waals surface area contributed by atoms with Crippen molar-refractivity contribution >= 4 is 23.3 Å². The Kier molecular flexibility index (Phi) is 6.79. The molecule has 6 rings (SSSR count). The van der Waals surface area contributed by atoms with Gasteiger partial charge in [-0.3, -0.25) is 9.88 Å². The third-order valence-corrected chi connectivity index (χ3v) is 8.10. The molecule has 0 unspecified atom stereocenters. The quantitative estimate of drug-likeness (QED) is 0.619. The topological polar surface area (TPSA) is 92.3 Å². The van der Waals surface area contributed by atoms with E-state index in [9.17, 15) is 4.79 Å². The third kappa shape index (κ3) is 5.24. The van der Waals surface area contributed by atoms with Gasteiger partial charge in [-0.2, -0.15) is 0 Å². The van der Waals surface area contributed by atoms with Crippen LogP contribution in [0, 0.1) is 6.92 Å². The summed E-state index contributed by atoms with van der Waals surface area (Å²) in [6, 6.07) is 4.60. The van der Waals surface area contributed by atoms with Gasteiger partial charge in [-0.05, 0) is 59.7 Å². The Balaban J connectivity index is 1.17. The molecule has 1 amide bonds. The monoisotopic (exact) mass is 536 g/mol. The molecule has 3 saturated heterocycles. The number of likely N-dealkylation sites (tertiary alicyclic amines) is 2. The minimum absolute atomic E-state index is 0.167. The van der Waals surface area contributed by atoms with E-state index in [0.717, 1.165) is 98.8 Å².